The standard InChI is InChI=1S/C28H53N11O6S/c1-16(2)15-21(39-24(42)19(10-14-46-3)37-22(40)17-7-4-11-33-17)25(43)36-18(8-5-12-34-27(29)30)23(41)38-20(26(44)45)9-6-13-35-28(31)32/h16-21,33H,4-15H2,1-3H3,(H,36,43)(H,37,40)(H,38,41)(H,39,42)(H,44,45)(H4,29,30,34)(H4,31,32,35)/t17-,18-,19-,20-,21-/m0/s1. The number of aliphatic imine (C=N–C) groups is 2. The van der Waals surface area contributed by atoms with Crippen LogP contribution in [0.1, 0.15) is 65.2 Å². The number of nitrogens with two attached hydrogens (primary N) is 4. The second kappa shape index (κ2) is 21.9. The molecule has 18 heteroatoms. The molecule has 0 spiro atoms. The molecule has 0 aromatic rings. The van der Waals surface area contributed by atoms with E-state index in [0.29, 0.717) is 18.6 Å². The minimum Gasteiger partial charge on any atom is -0.480 e. The molecule has 0 bridgehead atoms. The lowest BCUT2D eigenvalue weighted by Gasteiger charge is -2.27. The smallest absolute Gasteiger partial charge is 0.326 e. The fourth-order valence-corrected chi connectivity index (χ4v) is 5.21. The van der Waals surface area contributed by atoms with Crippen molar-refractivity contribution in [3.63, 3.8) is 0 Å². The van der Waals surface area contributed by atoms with Gasteiger partial charge in [-0.2, -0.15) is 11.8 Å². The zero-order valence-corrected chi connectivity index (χ0v) is 27.9. The molecular formula is C28H53N11O6S. The van der Waals surface area contributed by atoms with Gasteiger partial charge >= 0.3 is 5.97 Å². The number of guanidine groups is 2. The van der Waals surface area contributed by atoms with Crippen molar-refractivity contribution in [1.82, 2.24) is 26.6 Å². The summed E-state index contributed by atoms with van der Waals surface area (Å²) in [6, 6.07) is -4.69. The Morgan fingerprint density at radius 2 is 1.30 bits per heavy atom. The van der Waals surface area contributed by atoms with E-state index in [1.165, 1.54) is 11.8 Å². The van der Waals surface area contributed by atoms with Crippen LogP contribution < -0.4 is 49.5 Å². The molecule has 0 saturated carbocycles. The Kier molecular flexibility index (Phi) is 19.1. The first-order valence-corrected chi connectivity index (χ1v) is 16.9. The minimum atomic E-state index is -1.26. The van der Waals surface area contributed by atoms with Crippen LogP contribution in [0.25, 0.3) is 0 Å². The molecule has 0 unspecified atom stereocenters. The largest absolute Gasteiger partial charge is 0.480 e. The Labute approximate surface area is 274 Å². The molecule has 1 saturated heterocycles. The Morgan fingerprint density at radius 3 is 1.78 bits per heavy atom. The number of thioether (sulfide) groups is 1. The summed E-state index contributed by atoms with van der Waals surface area (Å²) in [5, 5.41) is 23.6. The van der Waals surface area contributed by atoms with Gasteiger partial charge in [-0.15, -0.1) is 0 Å². The fourth-order valence-electron chi connectivity index (χ4n) is 4.74. The Bertz CT molecular complexity index is 1060. The van der Waals surface area contributed by atoms with E-state index in [4.69, 9.17) is 22.9 Å². The van der Waals surface area contributed by atoms with Crippen LogP contribution in [0.3, 0.4) is 0 Å². The van der Waals surface area contributed by atoms with Gasteiger partial charge in [-0.3, -0.25) is 29.2 Å². The first kappa shape index (κ1) is 40.2. The maximum Gasteiger partial charge on any atom is 0.326 e. The Hall–Kier alpha value is -3.80. The molecule has 1 heterocycles. The predicted octanol–water partition coefficient (Wildman–Crippen LogP) is -2.33. The summed E-state index contributed by atoms with van der Waals surface area (Å²) in [5.41, 5.74) is 21.4. The van der Waals surface area contributed by atoms with Gasteiger partial charge in [0.25, 0.3) is 0 Å². The number of carboxylic acids is 1. The molecule has 0 aromatic carbocycles. The van der Waals surface area contributed by atoms with E-state index in [2.05, 4.69) is 36.6 Å². The Balaban J connectivity index is 3.10. The van der Waals surface area contributed by atoms with Gasteiger partial charge in [-0.25, -0.2) is 4.79 Å². The highest BCUT2D eigenvalue weighted by Gasteiger charge is 2.32. The van der Waals surface area contributed by atoms with Crippen LogP contribution in [0.4, 0.5) is 0 Å². The van der Waals surface area contributed by atoms with E-state index in [-0.39, 0.29) is 75.0 Å². The SMILES string of the molecule is CSCC[C@H](NC(=O)[C@@H]1CCCN1)C(=O)N[C@@H](CC(C)C)C(=O)N[C@@H](CCCN=C(N)N)C(=O)N[C@@H](CCCN=C(N)N)C(=O)O. The van der Waals surface area contributed by atoms with E-state index >= 15 is 0 Å². The zero-order valence-electron chi connectivity index (χ0n) is 27.0. The van der Waals surface area contributed by atoms with Gasteiger partial charge in [0, 0.05) is 13.1 Å². The predicted molar refractivity (Wildman–Crippen MR) is 179 cm³/mol. The Morgan fingerprint density at radius 1 is 0.804 bits per heavy atom. The number of carbonyl (C=O) groups is 5. The van der Waals surface area contributed by atoms with E-state index in [0.717, 1.165) is 13.0 Å². The molecule has 14 N–H and O–H groups in total. The van der Waals surface area contributed by atoms with Crippen molar-refractivity contribution in [1.29, 1.82) is 0 Å². The maximum atomic E-state index is 13.6. The van der Waals surface area contributed by atoms with Gasteiger partial charge in [0.15, 0.2) is 11.9 Å². The van der Waals surface area contributed by atoms with Gasteiger partial charge in [0.05, 0.1) is 6.04 Å². The van der Waals surface area contributed by atoms with Crippen molar-refractivity contribution in [2.24, 2.45) is 38.8 Å². The lowest BCUT2D eigenvalue weighted by Crippen LogP contribution is -2.58. The minimum absolute atomic E-state index is 0.0197. The summed E-state index contributed by atoms with van der Waals surface area (Å²) in [5.74, 6) is -3.09. The highest BCUT2D eigenvalue weighted by molar-refractivity contribution is 7.98. The molecule has 1 fully saturated rings. The number of rotatable bonds is 22. The number of amides is 4. The summed E-state index contributed by atoms with van der Waals surface area (Å²) in [7, 11) is 0. The van der Waals surface area contributed by atoms with Crippen LogP contribution in [0, 0.1) is 5.92 Å². The monoisotopic (exact) mass is 671 g/mol. The number of carbonyl (C=O) groups excluding carboxylic acids is 4. The third kappa shape index (κ3) is 16.5. The first-order valence-electron chi connectivity index (χ1n) is 15.5. The fraction of sp³-hybridized carbons (Fsp3) is 0.750. The second-order valence-corrected chi connectivity index (χ2v) is 12.5. The molecule has 1 aliphatic rings. The average molecular weight is 672 g/mol. The van der Waals surface area contributed by atoms with Crippen molar-refractivity contribution < 1.29 is 29.1 Å². The third-order valence-corrected chi connectivity index (χ3v) is 7.74. The molecule has 4 amide bonds. The van der Waals surface area contributed by atoms with E-state index < -0.39 is 47.9 Å². The van der Waals surface area contributed by atoms with Gasteiger partial charge in [0.1, 0.15) is 24.2 Å². The van der Waals surface area contributed by atoms with Crippen LogP contribution in [-0.4, -0.2) is 108 Å². The first-order chi connectivity index (χ1) is 21.7. The molecule has 1 aliphatic heterocycles. The molecule has 1 rings (SSSR count). The molecule has 0 aromatic heterocycles. The third-order valence-electron chi connectivity index (χ3n) is 7.10. The zero-order chi connectivity index (χ0) is 34.6. The second-order valence-electron chi connectivity index (χ2n) is 11.5. The molecule has 0 radical (unpaired) electrons. The topological polar surface area (TPSA) is 295 Å². The van der Waals surface area contributed by atoms with E-state index in [1.807, 2.05) is 20.1 Å². The lowest BCUT2D eigenvalue weighted by molar-refractivity contribution is -0.142. The molecule has 5 atom stereocenters. The van der Waals surface area contributed by atoms with E-state index in [1.54, 1.807) is 0 Å². The highest BCUT2D eigenvalue weighted by Crippen LogP contribution is 2.11. The average Bonchev–Trinajstić information content (AvgIpc) is 3.52. The van der Waals surface area contributed by atoms with Crippen LogP contribution in [-0.2, 0) is 24.0 Å². The highest BCUT2D eigenvalue weighted by atomic mass is 32.2. The van der Waals surface area contributed by atoms with Crippen LogP contribution in [0.2, 0.25) is 0 Å². The quantitative estimate of drug-likeness (QED) is 0.0329. The number of nitrogens with one attached hydrogen (secondary N) is 5. The van der Waals surface area contributed by atoms with Crippen LogP contribution in [0.15, 0.2) is 9.98 Å². The summed E-state index contributed by atoms with van der Waals surface area (Å²) in [4.78, 5) is 72.7. The number of nitrogens with zero attached hydrogens (tertiary/aromatic N) is 2. The van der Waals surface area contributed by atoms with Gasteiger partial charge in [0.2, 0.25) is 23.6 Å². The number of carboxylic acid groups (broad SMARTS) is 1. The molecular weight excluding hydrogens is 618 g/mol. The van der Waals surface area contributed by atoms with Crippen molar-refractivity contribution in [3.05, 3.63) is 0 Å². The van der Waals surface area contributed by atoms with Crippen molar-refractivity contribution in [2.45, 2.75) is 95.4 Å². The van der Waals surface area contributed by atoms with Crippen molar-refractivity contribution >= 4 is 53.3 Å². The number of aliphatic carboxylic acids is 1. The van der Waals surface area contributed by atoms with Crippen molar-refractivity contribution in [3.8, 4) is 0 Å². The maximum absolute atomic E-state index is 13.6. The number of hydrogen-bond donors (Lipinski definition) is 10. The van der Waals surface area contributed by atoms with Crippen molar-refractivity contribution in [2.75, 3.05) is 31.6 Å². The summed E-state index contributed by atoms with van der Waals surface area (Å²) >= 11 is 1.52. The molecule has 262 valence electrons. The molecule has 46 heavy (non-hydrogen) atoms. The summed E-state index contributed by atoms with van der Waals surface area (Å²) in [6.45, 7) is 4.82. The van der Waals surface area contributed by atoms with Gasteiger partial charge < -0.3 is 54.6 Å². The summed E-state index contributed by atoms with van der Waals surface area (Å²) < 4.78 is 0. The number of hydrogen-bond acceptors (Lipinski definition) is 9. The van der Waals surface area contributed by atoms with Crippen LogP contribution >= 0.6 is 11.8 Å². The molecule has 17 nitrogen and oxygen atoms in total. The summed E-state index contributed by atoms with van der Waals surface area (Å²) in [6.07, 6.45) is 4.72. The van der Waals surface area contributed by atoms with Gasteiger partial charge in [-0.05, 0) is 75.8 Å². The van der Waals surface area contributed by atoms with Crippen LogP contribution in [0.5, 0.6) is 0 Å². The van der Waals surface area contributed by atoms with E-state index in [9.17, 15) is 29.1 Å². The van der Waals surface area contributed by atoms with Gasteiger partial charge in [-0.1, -0.05) is 13.8 Å². The molecule has 0 aliphatic carbocycles. The normalized spacial score (nSPS) is 16.7. The lowest BCUT2D eigenvalue weighted by atomic mass is 10.0.